The van der Waals surface area contributed by atoms with Gasteiger partial charge in [0.05, 0.1) is 0 Å². The zero-order chi connectivity index (χ0) is 16.9. The van der Waals surface area contributed by atoms with Crippen molar-refractivity contribution in [2.24, 2.45) is 5.92 Å². The number of carbonyl (C=O) groups is 1. The first-order valence-corrected chi connectivity index (χ1v) is 8.52. The van der Waals surface area contributed by atoms with Gasteiger partial charge in [-0.25, -0.2) is 4.39 Å². The molecule has 1 aliphatic heterocycles. The van der Waals surface area contributed by atoms with Crippen LogP contribution in [0.15, 0.2) is 48.5 Å². The molecule has 0 aliphatic carbocycles. The molecule has 126 valence electrons. The Kier molecular flexibility index (Phi) is 5.48. The van der Waals surface area contributed by atoms with Crippen LogP contribution in [-0.4, -0.2) is 23.9 Å². The molecule has 2 aromatic carbocycles. The van der Waals surface area contributed by atoms with Gasteiger partial charge in [-0.3, -0.25) is 9.69 Å². The number of halogens is 2. The number of benzene rings is 2. The smallest absolute Gasteiger partial charge is 0.227 e. The van der Waals surface area contributed by atoms with E-state index in [0.29, 0.717) is 5.69 Å². The normalized spacial score (nSPS) is 16.1. The standard InChI is InChI=1S/C19H20ClFN2O/c20-18-7-2-1-4-15(18)13-23-10-8-14(9-11-23)19(24)22-17-6-3-5-16(21)12-17/h1-7,12,14H,8-11,13H2,(H,22,24). The van der Waals surface area contributed by atoms with Gasteiger partial charge in [-0.15, -0.1) is 0 Å². The fraction of sp³-hybridized carbons (Fsp3) is 0.316. The van der Waals surface area contributed by atoms with Crippen molar-refractivity contribution in [2.45, 2.75) is 19.4 Å². The molecule has 0 radical (unpaired) electrons. The zero-order valence-electron chi connectivity index (χ0n) is 13.3. The van der Waals surface area contributed by atoms with E-state index in [1.54, 1.807) is 12.1 Å². The van der Waals surface area contributed by atoms with E-state index in [0.717, 1.165) is 43.1 Å². The molecule has 3 nitrogen and oxygen atoms in total. The van der Waals surface area contributed by atoms with Gasteiger partial charge in [0.2, 0.25) is 5.91 Å². The van der Waals surface area contributed by atoms with Crippen LogP contribution in [0.25, 0.3) is 0 Å². The monoisotopic (exact) mass is 346 g/mol. The molecule has 1 fully saturated rings. The minimum atomic E-state index is -0.345. The molecule has 5 heteroatoms. The number of hydrogen-bond acceptors (Lipinski definition) is 2. The predicted molar refractivity (Wildman–Crippen MR) is 94.5 cm³/mol. The molecule has 0 bridgehead atoms. The summed E-state index contributed by atoms with van der Waals surface area (Å²) in [6.07, 6.45) is 1.59. The molecule has 2 aromatic rings. The molecule has 0 spiro atoms. The summed E-state index contributed by atoms with van der Waals surface area (Å²) >= 11 is 6.20. The van der Waals surface area contributed by atoms with Crippen molar-refractivity contribution in [3.8, 4) is 0 Å². The molecule has 0 saturated carbocycles. The van der Waals surface area contributed by atoms with Crippen LogP contribution in [0.4, 0.5) is 10.1 Å². The number of likely N-dealkylation sites (tertiary alicyclic amines) is 1. The number of amides is 1. The SMILES string of the molecule is O=C(Nc1cccc(F)c1)C1CCN(Cc2ccccc2Cl)CC1. The lowest BCUT2D eigenvalue weighted by Crippen LogP contribution is -2.37. The van der Waals surface area contributed by atoms with Crippen LogP contribution in [0.3, 0.4) is 0 Å². The Morgan fingerprint density at radius 3 is 2.62 bits per heavy atom. The molecular weight excluding hydrogens is 327 g/mol. The maximum Gasteiger partial charge on any atom is 0.227 e. The van der Waals surface area contributed by atoms with Crippen LogP contribution in [0, 0.1) is 11.7 Å². The molecule has 24 heavy (non-hydrogen) atoms. The Morgan fingerprint density at radius 2 is 1.92 bits per heavy atom. The zero-order valence-corrected chi connectivity index (χ0v) is 14.1. The van der Waals surface area contributed by atoms with Gasteiger partial charge in [-0.05, 0) is 55.8 Å². The highest BCUT2D eigenvalue weighted by molar-refractivity contribution is 6.31. The third-order valence-corrected chi connectivity index (χ3v) is 4.77. The number of anilines is 1. The first-order valence-electron chi connectivity index (χ1n) is 8.14. The molecule has 1 saturated heterocycles. The number of rotatable bonds is 4. The summed E-state index contributed by atoms with van der Waals surface area (Å²) in [5.74, 6) is -0.406. The van der Waals surface area contributed by atoms with Crippen molar-refractivity contribution in [2.75, 3.05) is 18.4 Å². The van der Waals surface area contributed by atoms with Crippen LogP contribution in [0.2, 0.25) is 5.02 Å². The minimum absolute atomic E-state index is 0.0296. The van der Waals surface area contributed by atoms with Crippen LogP contribution < -0.4 is 5.32 Å². The van der Waals surface area contributed by atoms with Crippen molar-refractivity contribution in [3.05, 3.63) is 64.9 Å². The summed E-state index contributed by atoms with van der Waals surface area (Å²) in [5.41, 5.74) is 1.63. The van der Waals surface area contributed by atoms with Gasteiger partial charge in [0.15, 0.2) is 0 Å². The summed E-state index contributed by atoms with van der Waals surface area (Å²) in [7, 11) is 0. The maximum absolute atomic E-state index is 13.2. The van der Waals surface area contributed by atoms with E-state index in [9.17, 15) is 9.18 Å². The third kappa shape index (κ3) is 4.34. The largest absolute Gasteiger partial charge is 0.326 e. The topological polar surface area (TPSA) is 32.3 Å². The van der Waals surface area contributed by atoms with Gasteiger partial charge in [0.1, 0.15) is 5.82 Å². The Hall–Kier alpha value is -1.91. The lowest BCUT2D eigenvalue weighted by Gasteiger charge is -2.31. The third-order valence-electron chi connectivity index (χ3n) is 4.40. The summed E-state index contributed by atoms with van der Waals surface area (Å²) in [4.78, 5) is 14.6. The van der Waals surface area contributed by atoms with E-state index in [1.807, 2.05) is 24.3 Å². The van der Waals surface area contributed by atoms with E-state index in [-0.39, 0.29) is 17.6 Å². The molecule has 0 unspecified atom stereocenters. The van der Waals surface area contributed by atoms with E-state index >= 15 is 0 Å². The summed E-state index contributed by atoms with van der Waals surface area (Å²) in [6, 6.07) is 13.8. The van der Waals surface area contributed by atoms with Crippen LogP contribution in [0.1, 0.15) is 18.4 Å². The van der Waals surface area contributed by atoms with Crippen molar-refractivity contribution < 1.29 is 9.18 Å². The highest BCUT2D eigenvalue weighted by atomic mass is 35.5. The minimum Gasteiger partial charge on any atom is -0.326 e. The summed E-state index contributed by atoms with van der Waals surface area (Å²) < 4.78 is 13.2. The molecule has 1 heterocycles. The van der Waals surface area contributed by atoms with Crippen molar-refractivity contribution in [1.82, 2.24) is 4.90 Å². The lowest BCUT2D eigenvalue weighted by molar-refractivity contribution is -0.121. The first kappa shape index (κ1) is 16.9. The Balaban J connectivity index is 1.51. The Bertz CT molecular complexity index is 714. The molecule has 0 aromatic heterocycles. The van der Waals surface area contributed by atoms with E-state index in [4.69, 9.17) is 11.6 Å². The van der Waals surface area contributed by atoms with E-state index in [2.05, 4.69) is 10.2 Å². The van der Waals surface area contributed by atoms with Crippen LogP contribution >= 0.6 is 11.6 Å². The van der Waals surface area contributed by atoms with E-state index < -0.39 is 0 Å². The van der Waals surface area contributed by atoms with Crippen molar-refractivity contribution in [3.63, 3.8) is 0 Å². The predicted octanol–water partition coefficient (Wildman–Crippen LogP) is 4.33. The molecular formula is C19H20ClFN2O. The lowest BCUT2D eigenvalue weighted by atomic mass is 9.95. The van der Waals surface area contributed by atoms with Gasteiger partial charge in [-0.1, -0.05) is 35.9 Å². The van der Waals surface area contributed by atoms with E-state index in [1.165, 1.54) is 12.1 Å². The second-order valence-electron chi connectivity index (χ2n) is 6.14. The fourth-order valence-corrected chi connectivity index (χ4v) is 3.23. The first-order chi connectivity index (χ1) is 11.6. The number of nitrogens with zero attached hydrogens (tertiary/aromatic N) is 1. The summed E-state index contributed by atoms with van der Waals surface area (Å²) in [6.45, 7) is 2.51. The second-order valence-corrected chi connectivity index (χ2v) is 6.55. The number of piperidine rings is 1. The Labute approximate surface area is 146 Å². The van der Waals surface area contributed by atoms with Crippen LogP contribution in [0.5, 0.6) is 0 Å². The average Bonchev–Trinajstić information content (AvgIpc) is 2.57. The molecule has 3 rings (SSSR count). The summed E-state index contributed by atoms with van der Waals surface area (Å²) in [5, 5.41) is 3.59. The molecule has 1 N–H and O–H groups in total. The molecule has 1 amide bonds. The average molecular weight is 347 g/mol. The number of hydrogen-bond donors (Lipinski definition) is 1. The Morgan fingerprint density at radius 1 is 1.17 bits per heavy atom. The van der Waals surface area contributed by atoms with Crippen molar-refractivity contribution in [1.29, 1.82) is 0 Å². The van der Waals surface area contributed by atoms with Gasteiger partial charge in [0, 0.05) is 23.2 Å². The number of carbonyl (C=O) groups excluding carboxylic acids is 1. The molecule has 0 atom stereocenters. The van der Waals surface area contributed by atoms with Gasteiger partial charge < -0.3 is 5.32 Å². The number of nitrogens with one attached hydrogen (secondary N) is 1. The highest BCUT2D eigenvalue weighted by Gasteiger charge is 2.25. The quantitative estimate of drug-likeness (QED) is 0.893. The van der Waals surface area contributed by atoms with Crippen LogP contribution in [-0.2, 0) is 11.3 Å². The molecule has 1 aliphatic rings. The van der Waals surface area contributed by atoms with Gasteiger partial charge in [0.25, 0.3) is 0 Å². The second kappa shape index (κ2) is 7.77. The highest BCUT2D eigenvalue weighted by Crippen LogP contribution is 2.23. The van der Waals surface area contributed by atoms with Crippen molar-refractivity contribution >= 4 is 23.2 Å². The van der Waals surface area contributed by atoms with Gasteiger partial charge >= 0.3 is 0 Å². The van der Waals surface area contributed by atoms with Gasteiger partial charge in [-0.2, -0.15) is 0 Å². The maximum atomic E-state index is 13.2. The fourth-order valence-electron chi connectivity index (χ4n) is 3.03.